The molecule has 0 saturated heterocycles. The van der Waals surface area contributed by atoms with Crippen LogP contribution in [0.2, 0.25) is 10.0 Å². The quantitative estimate of drug-likeness (QED) is 0.526. The van der Waals surface area contributed by atoms with Crippen LogP contribution in [-0.2, 0) is 12.8 Å². The van der Waals surface area contributed by atoms with Gasteiger partial charge in [-0.2, -0.15) is 0 Å². The van der Waals surface area contributed by atoms with E-state index in [1.54, 1.807) is 0 Å². The molecule has 2 aromatic carbocycles. The van der Waals surface area contributed by atoms with Crippen molar-refractivity contribution in [1.82, 2.24) is 9.47 Å². The maximum Gasteiger partial charge on any atom is 0.0529 e. The van der Waals surface area contributed by atoms with Gasteiger partial charge >= 0.3 is 0 Å². The van der Waals surface area contributed by atoms with Crippen molar-refractivity contribution >= 4 is 45.9 Å². The minimum absolute atomic E-state index is 0.784. The molecule has 134 valence electrons. The van der Waals surface area contributed by atoms with Crippen LogP contribution in [0.1, 0.15) is 23.7 Å². The van der Waals surface area contributed by atoms with Crippen molar-refractivity contribution in [3.05, 3.63) is 69.3 Å². The Morgan fingerprint density at radius 1 is 1.04 bits per heavy atom. The van der Waals surface area contributed by atoms with E-state index in [2.05, 4.69) is 47.8 Å². The van der Waals surface area contributed by atoms with Crippen molar-refractivity contribution in [2.75, 3.05) is 20.1 Å². The van der Waals surface area contributed by atoms with Crippen LogP contribution in [0.25, 0.3) is 22.7 Å². The number of rotatable bonds is 2. The highest BCUT2D eigenvalue weighted by Gasteiger charge is 2.20. The molecule has 0 aliphatic carbocycles. The van der Waals surface area contributed by atoms with Crippen LogP contribution in [0.15, 0.2) is 42.5 Å². The van der Waals surface area contributed by atoms with E-state index in [-0.39, 0.29) is 0 Å². The van der Waals surface area contributed by atoms with Gasteiger partial charge in [-0.3, -0.25) is 0 Å². The lowest BCUT2D eigenvalue weighted by molar-refractivity contribution is 0.351. The van der Waals surface area contributed by atoms with Gasteiger partial charge in [0.2, 0.25) is 0 Å². The second-order valence-electron chi connectivity index (χ2n) is 7.05. The van der Waals surface area contributed by atoms with E-state index in [9.17, 15) is 0 Å². The minimum Gasteiger partial charge on any atom is -0.320 e. The average Bonchev–Trinajstić information content (AvgIpc) is 2.76. The SMILES string of the molecule is C/C(=C/n1c2c(c3cc(Cl)ccc31)CCN(C)CC2)c1ccccc1Cl. The highest BCUT2D eigenvalue weighted by atomic mass is 35.5. The van der Waals surface area contributed by atoms with E-state index >= 15 is 0 Å². The Kier molecular flexibility index (Phi) is 4.83. The standard InChI is InChI=1S/C22H22Cl2N2/c1-15(17-5-3-4-6-20(17)24)14-26-21-8-7-16(23)13-19(21)18-9-11-25(2)12-10-22(18)26/h3-8,13-14H,9-12H2,1-2H3/b15-14-. The molecule has 1 aromatic heterocycles. The fourth-order valence-corrected chi connectivity index (χ4v) is 4.32. The summed E-state index contributed by atoms with van der Waals surface area (Å²) in [6.45, 7) is 4.26. The van der Waals surface area contributed by atoms with E-state index in [0.29, 0.717) is 0 Å². The number of benzene rings is 2. The van der Waals surface area contributed by atoms with Gasteiger partial charge in [-0.15, -0.1) is 0 Å². The van der Waals surface area contributed by atoms with Gasteiger partial charge in [-0.1, -0.05) is 41.4 Å². The third kappa shape index (κ3) is 3.18. The van der Waals surface area contributed by atoms with Crippen LogP contribution in [0.3, 0.4) is 0 Å². The third-order valence-electron chi connectivity index (χ3n) is 5.28. The summed E-state index contributed by atoms with van der Waals surface area (Å²) in [6.07, 6.45) is 4.31. The van der Waals surface area contributed by atoms with Crippen molar-refractivity contribution < 1.29 is 0 Å². The number of likely N-dealkylation sites (N-methyl/N-ethyl adjacent to an activating group) is 1. The first-order valence-corrected chi connectivity index (χ1v) is 9.73. The number of halogens is 2. The lowest BCUT2D eigenvalue weighted by Gasteiger charge is -2.13. The topological polar surface area (TPSA) is 8.17 Å². The van der Waals surface area contributed by atoms with Crippen LogP contribution < -0.4 is 0 Å². The lowest BCUT2D eigenvalue weighted by Crippen LogP contribution is -2.21. The molecule has 0 unspecified atom stereocenters. The zero-order chi connectivity index (χ0) is 18.3. The van der Waals surface area contributed by atoms with Crippen LogP contribution in [0, 0.1) is 0 Å². The predicted molar refractivity (Wildman–Crippen MR) is 113 cm³/mol. The number of fused-ring (bicyclic) bond motifs is 3. The second kappa shape index (κ2) is 7.11. The molecule has 4 heteroatoms. The zero-order valence-electron chi connectivity index (χ0n) is 15.1. The summed E-state index contributed by atoms with van der Waals surface area (Å²) in [6, 6.07) is 14.2. The molecule has 1 aliphatic rings. The van der Waals surface area contributed by atoms with Gasteiger partial charge in [0.15, 0.2) is 0 Å². The fourth-order valence-electron chi connectivity index (χ4n) is 3.86. The smallest absolute Gasteiger partial charge is 0.0529 e. The van der Waals surface area contributed by atoms with Gasteiger partial charge in [-0.25, -0.2) is 0 Å². The van der Waals surface area contributed by atoms with Crippen molar-refractivity contribution in [1.29, 1.82) is 0 Å². The number of aromatic nitrogens is 1. The van der Waals surface area contributed by atoms with Crippen molar-refractivity contribution in [2.24, 2.45) is 0 Å². The Hall–Kier alpha value is -1.74. The van der Waals surface area contributed by atoms with E-state index < -0.39 is 0 Å². The average molecular weight is 385 g/mol. The molecule has 2 heterocycles. The summed E-state index contributed by atoms with van der Waals surface area (Å²) in [4.78, 5) is 2.39. The van der Waals surface area contributed by atoms with Crippen LogP contribution in [0.4, 0.5) is 0 Å². The highest BCUT2D eigenvalue weighted by Crippen LogP contribution is 2.33. The monoisotopic (exact) mass is 384 g/mol. The molecule has 0 atom stereocenters. The summed E-state index contributed by atoms with van der Waals surface area (Å²) in [5.41, 5.74) is 6.26. The van der Waals surface area contributed by atoms with Gasteiger partial charge in [0.1, 0.15) is 0 Å². The van der Waals surface area contributed by atoms with Gasteiger partial charge in [0.25, 0.3) is 0 Å². The number of allylic oxidation sites excluding steroid dienone is 1. The Bertz CT molecular complexity index is 1000. The number of hydrogen-bond donors (Lipinski definition) is 0. The molecule has 2 nitrogen and oxygen atoms in total. The molecule has 0 saturated carbocycles. The van der Waals surface area contributed by atoms with E-state index in [4.69, 9.17) is 23.2 Å². The molecule has 0 amide bonds. The molecule has 4 rings (SSSR count). The molecule has 3 aromatic rings. The molecule has 0 N–H and O–H groups in total. The first-order valence-electron chi connectivity index (χ1n) is 8.97. The fraction of sp³-hybridized carbons (Fsp3) is 0.273. The molecule has 0 radical (unpaired) electrons. The zero-order valence-corrected chi connectivity index (χ0v) is 16.6. The molecular formula is C22H22Cl2N2. The van der Waals surface area contributed by atoms with Crippen LogP contribution in [-0.4, -0.2) is 29.6 Å². The predicted octanol–water partition coefficient (Wildman–Crippen LogP) is 6.00. The van der Waals surface area contributed by atoms with E-state index in [1.165, 1.54) is 22.2 Å². The first-order chi connectivity index (χ1) is 12.5. The number of nitrogens with zero attached hydrogens (tertiary/aromatic N) is 2. The summed E-state index contributed by atoms with van der Waals surface area (Å²) in [5.74, 6) is 0. The minimum atomic E-state index is 0.784. The number of hydrogen-bond acceptors (Lipinski definition) is 1. The summed E-state index contributed by atoms with van der Waals surface area (Å²) in [7, 11) is 2.19. The molecule has 0 bridgehead atoms. The summed E-state index contributed by atoms with van der Waals surface area (Å²) >= 11 is 12.7. The Morgan fingerprint density at radius 3 is 2.62 bits per heavy atom. The van der Waals surface area contributed by atoms with Gasteiger partial charge in [-0.05, 0) is 61.4 Å². The van der Waals surface area contributed by atoms with E-state index in [1.807, 2.05) is 24.3 Å². The van der Waals surface area contributed by atoms with E-state index in [0.717, 1.165) is 47.1 Å². The summed E-state index contributed by atoms with van der Waals surface area (Å²) in [5, 5.41) is 2.85. The Labute approximate surface area is 164 Å². The van der Waals surface area contributed by atoms with Gasteiger partial charge in [0.05, 0.1) is 5.52 Å². The van der Waals surface area contributed by atoms with Gasteiger partial charge in [0, 0.05) is 46.8 Å². The van der Waals surface area contributed by atoms with Gasteiger partial charge < -0.3 is 9.47 Å². The van der Waals surface area contributed by atoms with Crippen molar-refractivity contribution in [2.45, 2.75) is 19.8 Å². The molecule has 0 spiro atoms. The molecule has 0 fully saturated rings. The molecule has 26 heavy (non-hydrogen) atoms. The largest absolute Gasteiger partial charge is 0.320 e. The first kappa shape index (κ1) is 17.7. The van der Waals surface area contributed by atoms with Crippen LogP contribution >= 0.6 is 23.2 Å². The second-order valence-corrected chi connectivity index (χ2v) is 7.90. The Balaban J connectivity index is 1.92. The maximum atomic E-state index is 6.41. The third-order valence-corrected chi connectivity index (χ3v) is 5.84. The maximum absolute atomic E-state index is 6.41. The highest BCUT2D eigenvalue weighted by molar-refractivity contribution is 6.32. The molecule has 1 aliphatic heterocycles. The van der Waals surface area contributed by atoms with Crippen molar-refractivity contribution in [3.8, 4) is 0 Å². The van der Waals surface area contributed by atoms with Crippen molar-refractivity contribution in [3.63, 3.8) is 0 Å². The van der Waals surface area contributed by atoms with Crippen LogP contribution in [0.5, 0.6) is 0 Å². The lowest BCUT2D eigenvalue weighted by atomic mass is 10.1. The Morgan fingerprint density at radius 2 is 1.81 bits per heavy atom. The normalized spacial score (nSPS) is 15.9. The molecular weight excluding hydrogens is 363 g/mol. The summed E-state index contributed by atoms with van der Waals surface area (Å²) < 4.78 is 2.35.